The van der Waals surface area contributed by atoms with Crippen LogP contribution in [0.2, 0.25) is 0 Å². The van der Waals surface area contributed by atoms with Crippen molar-refractivity contribution in [2.45, 2.75) is 26.7 Å². The van der Waals surface area contributed by atoms with Crippen LogP contribution in [0, 0.1) is 5.92 Å². The largest absolute Gasteiger partial charge is 0.410 e. The van der Waals surface area contributed by atoms with Gasteiger partial charge in [0, 0.05) is 12.3 Å². The summed E-state index contributed by atoms with van der Waals surface area (Å²) in [5.74, 6) is 0.348. The van der Waals surface area contributed by atoms with E-state index in [1.807, 2.05) is 38.2 Å². The average molecular weight is 219 g/mol. The summed E-state index contributed by atoms with van der Waals surface area (Å²) >= 11 is 0. The molecule has 1 N–H and O–H groups in total. The van der Waals surface area contributed by atoms with E-state index in [1.165, 1.54) is 0 Å². The number of oxime groups is 1. The zero-order chi connectivity index (χ0) is 12.0. The summed E-state index contributed by atoms with van der Waals surface area (Å²) in [6.45, 7) is 3.80. The van der Waals surface area contributed by atoms with E-state index < -0.39 is 0 Å². The van der Waals surface area contributed by atoms with Crippen molar-refractivity contribution >= 4 is 11.5 Å². The van der Waals surface area contributed by atoms with Crippen molar-refractivity contribution in [3.63, 3.8) is 0 Å². The van der Waals surface area contributed by atoms with Gasteiger partial charge >= 0.3 is 0 Å². The van der Waals surface area contributed by atoms with Gasteiger partial charge in [-0.05, 0) is 18.1 Å². The second-order valence-electron chi connectivity index (χ2n) is 4.02. The van der Waals surface area contributed by atoms with Gasteiger partial charge in [0.1, 0.15) is 11.5 Å². The maximum Gasteiger partial charge on any atom is 0.135 e. The molecule has 16 heavy (non-hydrogen) atoms. The Morgan fingerprint density at radius 2 is 2.12 bits per heavy atom. The van der Waals surface area contributed by atoms with E-state index in [1.54, 1.807) is 6.08 Å². The van der Waals surface area contributed by atoms with Gasteiger partial charge in [0.2, 0.25) is 0 Å². The number of allylic oxidation sites excluding steroid dienone is 6. The van der Waals surface area contributed by atoms with Gasteiger partial charge in [-0.2, -0.15) is 0 Å². The maximum absolute atomic E-state index is 11.4. The van der Waals surface area contributed by atoms with Crippen molar-refractivity contribution in [2.75, 3.05) is 0 Å². The normalized spacial score (nSPS) is 19.9. The Bertz CT molecular complexity index is 373. The molecule has 0 aromatic carbocycles. The summed E-state index contributed by atoms with van der Waals surface area (Å²) in [7, 11) is 0. The van der Waals surface area contributed by atoms with Gasteiger partial charge in [-0.3, -0.25) is 4.79 Å². The van der Waals surface area contributed by atoms with Crippen LogP contribution in [0.3, 0.4) is 0 Å². The molecule has 1 aliphatic rings. The first kappa shape index (κ1) is 12.4. The minimum absolute atomic E-state index is 0.0890. The quantitative estimate of drug-likeness (QED) is 0.584. The topological polar surface area (TPSA) is 49.7 Å². The van der Waals surface area contributed by atoms with Gasteiger partial charge in [0.25, 0.3) is 0 Å². The Labute approximate surface area is 95.8 Å². The number of carbonyl (C=O) groups is 1. The zero-order valence-corrected chi connectivity index (χ0v) is 9.68. The van der Waals surface area contributed by atoms with Crippen LogP contribution >= 0.6 is 0 Å². The molecule has 0 heterocycles. The highest BCUT2D eigenvalue weighted by molar-refractivity contribution is 6.11. The van der Waals surface area contributed by atoms with E-state index in [9.17, 15) is 4.79 Å². The predicted molar refractivity (Wildman–Crippen MR) is 64.7 cm³/mol. The molecule has 0 amide bonds. The van der Waals surface area contributed by atoms with Gasteiger partial charge in [-0.1, -0.05) is 43.3 Å². The first-order chi connectivity index (χ1) is 7.65. The third-order valence-electron chi connectivity index (χ3n) is 2.44. The molecule has 0 aromatic heterocycles. The van der Waals surface area contributed by atoms with E-state index in [-0.39, 0.29) is 11.7 Å². The van der Waals surface area contributed by atoms with Crippen molar-refractivity contribution in [1.82, 2.24) is 0 Å². The van der Waals surface area contributed by atoms with E-state index >= 15 is 0 Å². The second-order valence-corrected chi connectivity index (χ2v) is 4.02. The van der Waals surface area contributed by atoms with Crippen LogP contribution < -0.4 is 0 Å². The fraction of sp³-hybridized carbons (Fsp3) is 0.385. The molecule has 0 fully saturated rings. The Morgan fingerprint density at radius 1 is 1.44 bits per heavy atom. The fourth-order valence-electron chi connectivity index (χ4n) is 1.41. The number of Topliss-reactive ketones (excluding diaryl/α,β-unsaturated/α-hetero) is 1. The van der Waals surface area contributed by atoms with Crippen molar-refractivity contribution in [3.05, 3.63) is 36.0 Å². The second kappa shape index (κ2) is 6.05. The smallest absolute Gasteiger partial charge is 0.135 e. The zero-order valence-electron chi connectivity index (χ0n) is 9.68. The summed E-state index contributed by atoms with van der Waals surface area (Å²) in [5.41, 5.74) is 1.40. The Balaban J connectivity index is 2.55. The van der Waals surface area contributed by atoms with Crippen LogP contribution in [-0.2, 0) is 4.79 Å². The molecule has 0 aliphatic heterocycles. The molecule has 0 saturated heterocycles. The highest BCUT2D eigenvalue weighted by Gasteiger charge is 2.07. The molecule has 0 atom stereocenters. The lowest BCUT2D eigenvalue weighted by molar-refractivity contribution is -0.121. The van der Waals surface area contributed by atoms with E-state index in [0.29, 0.717) is 18.6 Å². The molecular formula is C13H17NO2. The summed E-state index contributed by atoms with van der Waals surface area (Å²) in [6, 6.07) is 0. The van der Waals surface area contributed by atoms with Crippen LogP contribution in [0.15, 0.2) is 41.1 Å². The molecule has 3 nitrogen and oxygen atoms in total. The molecule has 0 saturated carbocycles. The van der Waals surface area contributed by atoms with E-state index in [0.717, 1.165) is 5.57 Å². The summed E-state index contributed by atoms with van der Waals surface area (Å²) in [4.78, 5) is 11.4. The van der Waals surface area contributed by atoms with Gasteiger partial charge in [-0.15, -0.1) is 0 Å². The molecule has 3 heteroatoms. The fourth-order valence-corrected chi connectivity index (χ4v) is 1.41. The van der Waals surface area contributed by atoms with Crippen LogP contribution in [0.25, 0.3) is 0 Å². The van der Waals surface area contributed by atoms with Crippen molar-refractivity contribution < 1.29 is 10.0 Å². The van der Waals surface area contributed by atoms with E-state index in [2.05, 4.69) is 5.16 Å². The summed E-state index contributed by atoms with van der Waals surface area (Å²) in [5, 5.41) is 11.9. The van der Waals surface area contributed by atoms with Gasteiger partial charge in [-0.25, -0.2) is 0 Å². The first-order valence-electron chi connectivity index (χ1n) is 5.45. The highest BCUT2D eigenvalue weighted by Crippen LogP contribution is 2.11. The average Bonchev–Trinajstić information content (AvgIpc) is 2.29. The number of rotatable bonds is 4. The van der Waals surface area contributed by atoms with Crippen LogP contribution in [-0.4, -0.2) is 16.7 Å². The molecule has 0 radical (unpaired) electrons. The molecule has 1 rings (SSSR count). The Kier molecular flexibility index (Phi) is 4.70. The van der Waals surface area contributed by atoms with Gasteiger partial charge in [0.15, 0.2) is 0 Å². The standard InChI is InChI=1S/C13H17NO2/c1-10(2)13(15)9-5-7-11-6-3-4-8-12(11)14-16/h3-4,6-8,10,16H,5,9H2,1-2H3/b11-7+,14-12?. The summed E-state index contributed by atoms with van der Waals surface area (Å²) < 4.78 is 0. The number of carbonyl (C=O) groups excluding carboxylic acids is 1. The Morgan fingerprint density at radius 3 is 2.75 bits per heavy atom. The van der Waals surface area contributed by atoms with Crippen molar-refractivity contribution in [3.8, 4) is 0 Å². The molecule has 86 valence electrons. The number of nitrogens with zero attached hydrogens (tertiary/aromatic N) is 1. The minimum atomic E-state index is 0.0890. The SMILES string of the molecule is CC(C)C(=O)CC/C=C1\C=CC=CC1=NO. The molecule has 0 bridgehead atoms. The lowest BCUT2D eigenvalue weighted by atomic mass is 10.0. The summed E-state index contributed by atoms with van der Waals surface area (Å²) in [6.07, 6.45) is 10.4. The minimum Gasteiger partial charge on any atom is -0.410 e. The molecule has 0 unspecified atom stereocenters. The lowest BCUT2D eigenvalue weighted by Crippen LogP contribution is -2.06. The van der Waals surface area contributed by atoms with Crippen LogP contribution in [0.5, 0.6) is 0 Å². The third kappa shape index (κ3) is 3.50. The molecule has 1 aliphatic carbocycles. The number of hydrogen-bond acceptors (Lipinski definition) is 3. The first-order valence-corrected chi connectivity index (χ1v) is 5.45. The number of ketones is 1. The molecular weight excluding hydrogens is 202 g/mol. The highest BCUT2D eigenvalue weighted by atomic mass is 16.4. The number of hydrogen-bond donors (Lipinski definition) is 1. The predicted octanol–water partition coefficient (Wildman–Crippen LogP) is 2.87. The van der Waals surface area contributed by atoms with Crippen molar-refractivity contribution in [2.24, 2.45) is 11.1 Å². The Hall–Kier alpha value is -1.64. The maximum atomic E-state index is 11.4. The van der Waals surface area contributed by atoms with Gasteiger partial charge < -0.3 is 5.21 Å². The van der Waals surface area contributed by atoms with E-state index in [4.69, 9.17) is 5.21 Å². The third-order valence-corrected chi connectivity index (χ3v) is 2.44. The van der Waals surface area contributed by atoms with Gasteiger partial charge in [0.05, 0.1) is 0 Å². The molecule has 0 spiro atoms. The monoisotopic (exact) mass is 219 g/mol. The lowest BCUT2D eigenvalue weighted by Gasteiger charge is -2.05. The van der Waals surface area contributed by atoms with Crippen LogP contribution in [0.1, 0.15) is 26.7 Å². The van der Waals surface area contributed by atoms with Crippen molar-refractivity contribution in [1.29, 1.82) is 0 Å². The molecule has 0 aromatic rings. The van der Waals surface area contributed by atoms with Crippen LogP contribution in [0.4, 0.5) is 0 Å².